The molecule has 0 spiro atoms. The van der Waals surface area contributed by atoms with E-state index in [0.29, 0.717) is 29.4 Å². The van der Waals surface area contributed by atoms with Crippen LogP contribution in [0.25, 0.3) is 5.69 Å². The van der Waals surface area contributed by atoms with E-state index in [1.165, 1.54) is 0 Å². The molecule has 2 atom stereocenters. The molecule has 1 N–H and O–H groups in total. The van der Waals surface area contributed by atoms with Gasteiger partial charge in [-0.1, -0.05) is 23.7 Å². The molecule has 1 aliphatic rings. The summed E-state index contributed by atoms with van der Waals surface area (Å²) in [5, 5.41) is 10.5. The number of hydrogen-bond donors (Lipinski definition) is 1. The number of aromatic nitrogens is 3. The number of methoxy groups -OCH3 is 2. The second kappa shape index (κ2) is 10.5. The van der Waals surface area contributed by atoms with Crippen molar-refractivity contribution < 1.29 is 19.4 Å². The van der Waals surface area contributed by atoms with Gasteiger partial charge in [0.15, 0.2) is 11.5 Å². The number of ether oxygens (including phenoxy) is 2. The van der Waals surface area contributed by atoms with Crippen molar-refractivity contribution in [1.82, 2.24) is 14.5 Å². The van der Waals surface area contributed by atoms with Gasteiger partial charge in [-0.05, 0) is 36.2 Å². The number of rotatable bonds is 8. The highest BCUT2D eigenvalue weighted by atomic mass is 35.5. The molecule has 0 aliphatic carbocycles. The lowest BCUT2D eigenvalue weighted by molar-refractivity contribution is -0.136. The lowest BCUT2D eigenvalue weighted by Gasteiger charge is -2.23. The zero-order valence-electron chi connectivity index (χ0n) is 19.7. The average Bonchev–Trinajstić information content (AvgIpc) is 3.52. The highest BCUT2D eigenvalue weighted by Gasteiger charge is 2.34. The number of nitrogens with zero attached hydrogens (tertiary/aromatic N) is 3. The van der Waals surface area contributed by atoms with Crippen LogP contribution in [0.3, 0.4) is 0 Å². The average molecular weight is 542 g/mol. The molecule has 4 aromatic rings. The van der Waals surface area contributed by atoms with Gasteiger partial charge in [-0.15, -0.1) is 23.1 Å². The van der Waals surface area contributed by atoms with E-state index < -0.39 is 5.97 Å². The van der Waals surface area contributed by atoms with E-state index in [0.717, 1.165) is 32.5 Å². The fourth-order valence-corrected chi connectivity index (χ4v) is 7.26. The Morgan fingerprint density at radius 2 is 2.03 bits per heavy atom. The van der Waals surface area contributed by atoms with Gasteiger partial charge in [0.2, 0.25) is 0 Å². The number of carboxylic acids is 1. The van der Waals surface area contributed by atoms with E-state index in [1.54, 1.807) is 43.5 Å². The molecular weight excluding hydrogens is 518 g/mol. The number of carbonyl (C=O) groups is 1. The summed E-state index contributed by atoms with van der Waals surface area (Å²) in [5.41, 5.74) is 3.06. The molecule has 36 heavy (non-hydrogen) atoms. The highest BCUT2D eigenvalue weighted by molar-refractivity contribution is 8.00. The van der Waals surface area contributed by atoms with E-state index >= 15 is 0 Å². The first-order chi connectivity index (χ1) is 17.5. The molecule has 5 rings (SSSR count). The third kappa shape index (κ3) is 4.83. The SMILES string of the molecule is COc1cccc([C@H]2S[C@H](Cc3ncc(CCC(=O)O)s3)c3nccn3-c3ccc(Cl)cc32)c1OC. The van der Waals surface area contributed by atoms with Crippen LogP contribution in [0.15, 0.2) is 55.0 Å². The van der Waals surface area contributed by atoms with Crippen LogP contribution in [0.1, 0.15) is 43.8 Å². The zero-order valence-corrected chi connectivity index (χ0v) is 22.1. The van der Waals surface area contributed by atoms with Gasteiger partial charge in [-0.2, -0.15) is 0 Å². The summed E-state index contributed by atoms with van der Waals surface area (Å²) in [6, 6.07) is 11.8. The van der Waals surface area contributed by atoms with Crippen molar-refractivity contribution in [2.75, 3.05) is 14.2 Å². The number of fused-ring (bicyclic) bond motifs is 3. The number of halogens is 1. The van der Waals surface area contributed by atoms with Crippen LogP contribution in [0.5, 0.6) is 11.5 Å². The third-order valence-corrected chi connectivity index (χ3v) is 8.85. The maximum Gasteiger partial charge on any atom is 0.303 e. The van der Waals surface area contributed by atoms with Crippen LogP contribution in [0.4, 0.5) is 0 Å². The third-order valence-electron chi connectivity index (χ3n) is 6.05. The molecule has 0 radical (unpaired) electrons. The van der Waals surface area contributed by atoms with Crippen LogP contribution in [0, 0.1) is 0 Å². The zero-order chi connectivity index (χ0) is 25.2. The standard InChI is InChI=1S/C26H24ClN3O4S2/c1-33-20-5-3-4-17(24(20)34-2)25-18-12-15(27)6-8-19(18)30-11-10-28-26(30)21(36-25)13-22-29-14-16(35-22)7-9-23(31)32/h3-6,8,10-12,14,21,25H,7,9,13H2,1-2H3,(H,31,32)/t21-,25-/m1/s1. The Bertz CT molecular complexity index is 1400. The number of aliphatic carboxylic acids is 1. The van der Waals surface area contributed by atoms with Gasteiger partial charge in [0.05, 0.1) is 41.8 Å². The van der Waals surface area contributed by atoms with Crippen LogP contribution < -0.4 is 9.47 Å². The molecule has 0 saturated heterocycles. The minimum Gasteiger partial charge on any atom is -0.493 e. The maximum absolute atomic E-state index is 11.0. The number of thioether (sulfide) groups is 1. The maximum atomic E-state index is 11.0. The van der Waals surface area contributed by atoms with E-state index in [4.69, 9.17) is 31.2 Å². The molecule has 186 valence electrons. The summed E-state index contributed by atoms with van der Waals surface area (Å²) < 4.78 is 13.5. The smallest absolute Gasteiger partial charge is 0.303 e. The lowest BCUT2D eigenvalue weighted by Crippen LogP contribution is -2.06. The molecule has 0 bridgehead atoms. The Labute approximate surface area is 222 Å². The summed E-state index contributed by atoms with van der Waals surface area (Å²) in [5.74, 6) is 1.47. The van der Waals surface area contributed by atoms with Gasteiger partial charge < -0.3 is 19.1 Å². The Kier molecular flexibility index (Phi) is 7.22. The molecule has 7 nitrogen and oxygen atoms in total. The molecule has 0 unspecified atom stereocenters. The van der Waals surface area contributed by atoms with Crippen LogP contribution in [0.2, 0.25) is 5.02 Å². The summed E-state index contributed by atoms with van der Waals surface area (Å²) >= 11 is 9.83. The van der Waals surface area contributed by atoms with Gasteiger partial charge in [-0.3, -0.25) is 4.79 Å². The minimum atomic E-state index is -0.808. The van der Waals surface area contributed by atoms with Gasteiger partial charge in [0.1, 0.15) is 5.82 Å². The predicted molar refractivity (Wildman–Crippen MR) is 142 cm³/mol. The van der Waals surface area contributed by atoms with Crippen LogP contribution >= 0.6 is 34.7 Å². The molecular formula is C26H24ClN3O4S2. The van der Waals surface area contributed by atoms with Crippen LogP contribution in [-0.4, -0.2) is 39.8 Å². The van der Waals surface area contributed by atoms with E-state index in [2.05, 4.69) is 15.6 Å². The monoisotopic (exact) mass is 541 g/mol. The summed E-state index contributed by atoms with van der Waals surface area (Å²) in [6.07, 6.45) is 6.80. The first-order valence-corrected chi connectivity index (χ1v) is 13.5. The molecule has 10 heteroatoms. The molecule has 3 heterocycles. The van der Waals surface area contributed by atoms with Gasteiger partial charge in [0, 0.05) is 40.5 Å². The molecule has 0 fully saturated rings. The minimum absolute atomic E-state index is 0.0226. The van der Waals surface area contributed by atoms with Crippen molar-refractivity contribution in [3.63, 3.8) is 0 Å². The molecule has 0 saturated carbocycles. The molecule has 2 aromatic carbocycles. The molecule has 1 aliphatic heterocycles. The van der Waals surface area contributed by atoms with E-state index in [-0.39, 0.29) is 16.9 Å². The second-order valence-corrected chi connectivity index (χ2v) is 11.2. The van der Waals surface area contributed by atoms with Crippen molar-refractivity contribution in [3.8, 4) is 17.2 Å². The molecule has 0 amide bonds. The highest BCUT2D eigenvalue weighted by Crippen LogP contribution is 2.53. The number of hydrogen-bond acceptors (Lipinski definition) is 7. The first kappa shape index (κ1) is 24.7. The van der Waals surface area contributed by atoms with Crippen LogP contribution in [-0.2, 0) is 17.6 Å². The Morgan fingerprint density at radius 3 is 2.81 bits per heavy atom. The Morgan fingerprint density at radius 1 is 1.17 bits per heavy atom. The van der Waals surface area contributed by atoms with Gasteiger partial charge in [0.25, 0.3) is 0 Å². The quantitative estimate of drug-likeness (QED) is 0.287. The summed E-state index contributed by atoms with van der Waals surface area (Å²) in [7, 11) is 3.29. The van der Waals surface area contributed by atoms with Gasteiger partial charge >= 0.3 is 5.97 Å². The topological polar surface area (TPSA) is 86.5 Å². The number of imidazole rings is 1. The summed E-state index contributed by atoms with van der Waals surface area (Å²) in [6.45, 7) is 0. The second-order valence-electron chi connectivity index (χ2n) is 8.26. The van der Waals surface area contributed by atoms with Crippen molar-refractivity contribution in [3.05, 3.63) is 86.8 Å². The summed E-state index contributed by atoms with van der Waals surface area (Å²) in [4.78, 5) is 21.3. The number of para-hydroxylation sites is 1. The van der Waals surface area contributed by atoms with Crippen molar-refractivity contribution in [2.45, 2.75) is 29.8 Å². The fourth-order valence-electron chi connectivity index (χ4n) is 4.46. The number of carboxylic acid groups (broad SMARTS) is 1. The first-order valence-electron chi connectivity index (χ1n) is 11.3. The Balaban J connectivity index is 1.58. The van der Waals surface area contributed by atoms with Crippen molar-refractivity contribution in [2.24, 2.45) is 0 Å². The molecule has 2 aromatic heterocycles. The van der Waals surface area contributed by atoms with Gasteiger partial charge in [-0.25, -0.2) is 9.97 Å². The number of aryl methyl sites for hydroxylation is 1. The normalized spacial score (nSPS) is 16.6. The fraction of sp³-hybridized carbons (Fsp3) is 0.269. The van der Waals surface area contributed by atoms with Crippen molar-refractivity contribution >= 4 is 40.7 Å². The van der Waals surface area contributed by atoms with E-state index in [9.17, 15) is 4.79 Å². The Hall–Kier alpha value is -3.01. The van der Waals surface area contributed by atoms with Crippen molar-refractivity contribution in [1.29, 1.82) is 0 Å². The largest absolute Gasteiger partial charge is 0.493 e. The number of thiazole rings is 1. The number of benzene rings is 2. The predicted octanol–water partition coefficient (Wildman–Crippen LogP) is 6.14. The lowest BCUT2D eigenvalue weighted by atomic mass is 10.0. The van der Waals surface area contributed by atoms with E-state index in [1.807, 2.05) is 42.7 Å².